The van der Waals surface area contributed by atoms with Gasteiger partial charge in [-0.25, -0.2) is 0 Å². The van der Waals surface area contributed by atoms with Crippen molar-refractivity contribution in [3.8, 4) is 0 Å². The molecule has 1 aliphatic heterocycles. The highest BCUT2D eigenvalue weighted by molar-refractivity contribution is 9.10. The molecular weight excluding hydrogens is 310 g/mol. The van der Waals surface area contributed by atoms with Gasteiger partial charge in [0.05, 0.1) is 12.5 Å². The van der Waals surface area contributed by atoms with Gasteiger partial charge in [-0.2, -0.15) is 0 Å². The third-order valence-corrected chi connectivity index (χ3v) is 4.21. The molecule has 0 aromatic heterocycles. The van der Waals surface area contributed by atoms with Crippen LogP contribution in [0.5, 0.6) is 0 Å². The normalized spacial score (nSPS) is 19.9. The molecule has 0 radical (unpaired) electrons. The Bertz CT molecular complexity index is 489. The van der Waals surface area contributed by atoms with Crippen LogP contribution in [0.4, 0.5) is 5.69 Å². The smallest absolute Gasteiger partial charge is 0.320 e. The number of esters is 1. The third kappa shape index (κ3) is 3.15. The number of alkyl halides is 1. The molecule has 2 rings (SSSR count). The van der Waals surface area contributed by atoms with Crippen LogP contribution in [0.1, 0.15) is 18.9 Å². The quantitative estimate of drug-likeness (QED) is 0.686. The molecule has 1 aromatic rings. The summed E-state index contributed by atoms with van der Waals surface area (Å²) in [5.41, 5.74) is 1.93. The summed E-state index contributed by atoms with van der Waals surface area (Å²) in [5, 5.41) is 2.87. The highest BCUT2D eigenvalue weighted by atomic mass is 79.9. The Morgan fingerprint density at radius 3 is 3.00 bits per heavy atom. The predicted molar refractivity (Wildman–Crippen MR) is 76.2 cm³/mol. The fourth-order valence-corrected chi connectivity index (χ4v) is 2.83. The van der Waals surface area contributed by atoms with Crippen LogP contribution in [0, 0.1) is 5.92 Å². The number of para-hydroxylation sites is 1. The molecular formula is C14H16BrNO3. The molecule has 2 atom stereocenters. The van der Waals surface area contributed by atoms with E-state index in [0.29, 0.717) is 13.0 Å². The van der Waals surface area contributed by atoms with Crippen LogP contribution < -0.4 is 5.32 Å². The zero-order valence-electron chi connectivity index (χ0n) is 10.7. The van der Waals surface area contributed by atoms with E-state index in [1.54, 1.807) is 6.92 Å². The number of hydrogen-bond acceptors (Lipinski definition) is 3. The average Bonchev–Trinajstić information content (AvgIpc) is 2.56. The maximum Gasteiger partial charge on any atom is 0.320 e. The van der Waals surface area contributed by atoms with Crippen LogP contribution in [-0.4, -0.2) is 23.3 Å². The minimum Gasteiger partial charge on any atom is -0.465 e. The van der Waals surface area contributed by atoms with Gasteiger partial charge in [0.15, 0.2) is 0 Å². The van der Waals surface area contributed by atoms with Gasteiger partial charge in [-0.3, -0.25) is 9.59 Å². The van der Waals surface area contributed by atoms with E-state index in [2.05, 4.69) is 21.2 Å². The summed E-state index contributed by atoms with van der Waals surface area (Å²) < 4.78 is 4.96. The number of aryl methyl sites for hydroxylation is 1. The molecule has 4 nitrogen and oxygen atoms in total. The lowest BCUT2D eigenvalue weighted by Crippen LogP contribution is -2.34. The van der Waals surface area contributed by atoms with Crippen LogP contribution in [0.3, 0.4) is 0 Å². The van der Waals surface area contributed by atoms with E-state index >= 15 is 0 Å². The fourth-order valence-electron chi connectivity index (χ4n) is 2.19. The van der Waals surface area contributed by atoms with Crippen molar-refractivity contribution in [2.45, 2.75) is 24.6 Å². The number of amides is 1. The molecule has 0 saturated heterocycles. The number of fused-ring (bicyclic) bond motifs is 1. The molecule has 0 aliphatic carbocycles. The standard InChI is InChI=1S/C14H16BrNO3/c1-2-19-14(18)12(15)10-8-7-9-5-3-4-6-11(9)16-13(10)17/h3-6,10,12H,2,7-8H2,1H3,(H,16,17). The van der Waals surface area contributed by atoms with Crippen molar-refractivity contribution in [1.29, 1.82) is 0 Å². The average molecular weight is 326 g/mol. The highest BCUT2D eigenvalue weighted by Gasteiger charge is 2.34. The first kappa shape index (κ1) is 14.1. The number of benzene rings is 1. The molecule has 1 aliphatic rings. The van der Waals surface area contributed by atoms with Gasteiger partial charge in [-0.15, -0.1) is 0 Å². The molecule has 19 heavy (non-hydrogen) atoms. The topological polar surface area (TPSA) is 55.4 Å². The summed E-state index contributed by atoms with van der Waals surface area (Å²) >= 11 is 3.29. The Morgan fingerprint density at radius 1 is 1.53 bits per heavy atom. The molecule has 1 heterocycles. The number of rotatable bonds is 3. The van der Waals surface area contributed by atoms with E-state index in [1.807, 2.05) is 24.3 Å². The lowest BCUT2D eigenvalue weighted by molar-refractivity contribution is -0.144. The maximum absolute atomic E-state index is 12.2. The van der Waals surface area contributed by atoms with E-state index in [0.717, 1.165) is 17.7 Å². The molecule has 1 amide bonds. The van der Waals surface area contributed by atoms with Gasteiger partial charge < -0.3 is 10.1 Å². The first-order valence-electron chi connectivity index (χ1n) is 6.33. The van der Waals surface area contributed by atoms with Gasteiger partial charge in [-0.05, 0) is 31.4 Å². The number of halogens is 1. The predicted octanol–water partition coefficient (Wildman–Crippen LogP) is 2.51. The molecule has 0 spiro atoms. The van der Waals surface area contributed by atoms with Crippen molar-refractivity contribution in [2.75, 3.05) is 11.9 Å². The first-order valence-corrected chi connectivity index (χ1v) is 7.24. The zero-order valence-corrected chi connectivity index (χ0v) is 12.3. The van der Waals surface area contributed by atoms with Gasteiger partial charge in [0, 0.05) is 5.69 Å². The van der Waals surface area contributed by atoms with E-state index in [9.17, 15) is 9.59 Å². The van der Waals surface area contributed by atoms with Crippen LogP contribution in [-0.2, 0) is 20.7 Å². The van der Waals surface area contributed by atoms with Gasteiger partial charge in [0.1, 0.15) is 4.83 Å². The van der Waals surface area contributed by atoms with E-state index in [4.69, 9.17) is 4.74 Å². The molecule has 102 valence electrons. The van der Waals surface area contributed by atoms with Crippen molar-refractivity contribution >= 4 is 33.5 Å². The SMILES string of the molecule is CCOC(=O)C(Br)C1CCc2ccccc2NC1=O. The Morgan fingerprint density at radius 2 is 2.26 bits per heavy atom. The van der Waals surface area contributed by atoms with Crippen molar-refractivity contribution in [3.05, 3.63) is 29.8 Å². The Kier molecular flexibility index (Phi) is 4.58. The van der Waals surface area contributed by atoms with Gasteiger partial charge in [0.2, 0.25) is 5.91 Å². The van der Waals surface area contributed by atoms with Crippen LogP contribution in [0.2, 0.25) is 0 Å². The lowest BCUT2D eigenvalue weighted by atomic mass is 9.97. The van der Waals surface area contributed by atoms with Gasteiger partial charge in [-0.1, -0.05) is 34.1 Å². The summed E-state index contributed by atoms with van der Waals surface area (Å²) in [4.78, 5) is 23.3. The minimum atomic E-state index is -0.596. The molecule has 0 bridgehead atoms. The molecule has 1 aromatic carbocycles. The number of carbonyl (C=O) groups is 2. The Labute approximate surface area is 120 Å². The van der Waals surface area contributed by atoms with Crippen molar-refractivity contribution in [3.63, 3.8) is 0 Å². The van der Waals surface area contributed by atoms with E-state index in [-0.39, 0.29) is 11.9 Å². The number of hydrogen-bond donors (Lipinski definition) is 1. The monoisotopic (exact) mass is 325 g/mol. The number of carbonyl (C=O) groups excluding carboxylic acids is 2. The largest absolute Gasteiger partial charge is 0.465 e. The lowest BCUT2D eigenvalue weighted by Gasteiger charge is -2.17. The highest BCUT2D eigenvalue weighted by Crippen LogP contribution is 2.28. The summed E-state index contributed by atoms with van der Waals surface area (Å²) in [6.07, 6.45) is 1.39. The van der Waals surface area contributed by atoms with Crippen LogP contribution >= 0.6 is 15.9 Å². The summed E-state index contributed by atoms with van der Waals surface area (Å²) in [6, 6.07) is 7.70. The molecule has 0 fully saturated rings. The maximum atomic E-state index is 12.2. The van der Waals surface area contributed by atoms with Crippen molar-refractivity contribution < 1.29 is 14.3 Å². The van der Waals surface area contributed by atoms with E-state index < -0.39 is 10.7 Å². The van der Waals surface area contributed by atoms with Crippen molar-refractivity contribution in [2.24, 2.45) is 5.92 Å². The zero-order chi connectivity index (χ0) is 13.8. The number of ether oxygens (including phenoxy) is 1. The summed E-state index contributed by atoms with van der Waals surface area (Å²) in [6.45, 7) is 2.07. The second-order valence-corrected chi connectivity index (χ2v) is 5.43. The van der Waals surface area contributed by atoms with Crippen LogP contribution in [0.25, 0.3) is 0 Å². The fraction of sp³-hybridized carbons (Fsp3) is 0.429. The van der Waals surface area contributed by atoms with Crippen LogP contribution in [0.15, 0.2) is 24.3 Å². The second kappa shape index (κ2) is 6.19. The number of nitrogens with one attached hydrogen (secondary N) is 1. The molecule has 1 N–H and O–H groups in total. The first-order chi connectivity index (χ1) is 9.13. The van der Waals surface area contributed by atoms with Gasteiger partial charge in [0.25, 0.3) is 0 Å². The summed E-state index contributed by atoms with van der Waals surface area (Å²) in [5.74, 6) is -0.931. The third-order valence-electron chi connectivity index (χ3n) is 3.20. The van der Waals surface area contributed by atoms with Crippen molar-refractivity contribution in [1.82, 2.24) is 0 Å². The minimum absolute atomic E-state index is 0.139. The number of anilines is 1. The van der Waals surface area contributed by atoms with Gasteiger partial charge >= 0.3 is 5.97 Å². The molecule has 5 heteroatoms. The molecule has 0 saturated carbocycles. The Balaban J connectivity index is 2.14. The second-order valence-electron chi connectivity index (χ2n) is 4.45. The Hall–Kier alpha value is -1.36. The summed E-state index contributed by atoms with van der Waals surface area (Å²) in [7, 11) is 0. The van der Waals surface area contributed by atoms with E-state index in [1.165, 1.54) is 0 Å². The molecule has 2 unspecified atom stereocenters.